The second-order valence-corrected chi connectivity index (χ2v) is 12.1. The second kappa shape index (κ2) is 8.70. The molecule has 0 heterocycles. The quantitative estimate of drug-likeness (QED) is 0.448. The van der Waals surface area contributed by atoms with Crippen molar-refractivity contribution in [2.75, 3.05) is 33.1 Å². The van der Waals surface area contributed by atoms with Crippen molar-refractivity contribution in [3.05, 3.63) is 40.2 Å². The maximum absolute atomic E-state index is 14.0. The standard InChI is InChI=1S/C28H36N2O7/c1-27(2,3)12-18(32)21-24(34)22(30(6)7)15-11-13-10-14-16(29(4)5)8-9-17(31)20(14)23(33)19(13)25(35)28(15,37)26(21)36/h8-9,13,15,22,31,33,36-37H,10-12H2,1-7H3/t13-,15-,22+,28+/m0/s1. The lowest BCUT2D eigenvalue weighted by Gasteiger charge is -2.50. The van der Waals surface area contributed by atoms with Gasteiger partial charge >= 0.3 is 0 Å². The van der Waals surface area contributed by atoms with Crippen molar-refractivity contribution in [3.63, 3.8) is 0 Å². The maximum atomic E-state index is 14.0. The SMILES string of the molecule is CN(C)c1ccc(O)c2c1C[C@H]1C[C@H]3[C@@H](N(C)C)C(=O)C(C(=O)CC(C)(C)C)=C(O)[C@]3(O)C(=O)C1=C2O. The number of likely N-dealkylation sites (N-methyl/N-ethyl adjacent to an activating group) is 1. The summed E-state index contributed by atoms with van der Waals surface area (Å²) in [5.41, 5.74) is -2.23. The smallest absolute Gasteiger partial charge is 0.202 e. The summed E-state index contributed by atoms with van der Waals surface area (Å²) in [5, 5.41) is 45.0. The van der Waals surface area contributed by atoms with Crippen LogP contribution in [0.25, 0.3) is 5.76 Å². The lowest BCUT2D eigenvalue weighted by Crippen LogP contribution is -2.65. The molecule has 9 nitrogen and oxygen atoms in total. The van der Waals surface area contributed by atoms with E-state index in [4.69, 9.17) is 0 Å². The Bertz CT molecular complexity index is 1270. The van der Waals surface area contributed by atoms with Gasteiger partial charge in [-0.05, 0) is 56.0 Å². The average molecular weight is 513 g/mol. The van der Waals surface area contributed by atoms with Crippen molar-refractivity contribution < 1.29 is 34.8 Å². The van der Waals surface area contributed by atoms with E-state index in [0.717, 1.165) is 5.69 Å². The Labute approximate surface area is 216 Å². The molecule has 0 bridgehead atoms. The number of fused-ring (bicyclic) bond motifs is 3. The van der Waals surface area contributed by atoms with Gasteiger partial charge in [0.05, 0.1) is 11.6 Å². The van der Waals surface area contributed by atoms with Crippen LogP contribution < -0.4 is 4.90 Å². The van der Waals surface area contributed by atoms with Crippen LogP contribution in [0.4, 0.5) is 5.69 Å². The van der Waals surface area contributed by atoms with Gasteiger partial charge in [-0.25, -0.2) is 0 Å². The largest absolute Gasteiger partial charge is 0.508 e. The lowest BCUT2D eigenvalue weighted by atomic mass is 9.57. The second-order valence-electron chi connectivity index (χ2n) is 12.1. The summed E-state index contributed by atoms with van der Waals surface area (Å²) in [7, 11) is 6.91. The van der Waals surface area contributed by atoms with Crippen molar-refractivity contribution in [3.8, 4) is 5.75 Å². The number of phenolic OH excluding ortho intramolecular Hbond substituents is 1. The number of carbonyl (C=O) groups is 3. The summed E-state index contributed by atoms with van der Waals surface area (Å²) in [5.74, 6) is -5.46. The van der Waals surface area contributed by atoms with Crippen molar-refractivity contribution in [2.45, 2.75) is 51.7 Å². The fourth-order valence-electron chi connectivity index (χ4n) is 6.25. The summed E-state index contributed by atoms with van der Waals surface area (Å²) in [6.07, 6.45) is 0.310. The van der Waals surface area contributed by atoms with Crippen LogP contribution in [-0.2, 0) is 20.8 Å². The van der Waals surface area contributed by atoms with E-state index < -0.39 is 63.3 Å². The molecule has 1 fully saturated rings. The number of ketones is 3. The number of aliphatic hydroxyl groups is 3. The van der Waals surface area contributed by atoms with Gasteiger partial charge in [-0.2, -0.15) is 0 Å². The topological polar surface area (TPSA) is 139 Å². The number of benzene rings is 1. The molecular weight excluding hydrogens is 476 g/mol. The van der Waals surface area contributed by atoms with E-state index in [2.05, 4.69) is 0 Å². The fourth-order valence-corrected chi connectivity index (χ4v) is 6.25. The summed E-state index contributed by atoms with van der Waals surface area (Å²) in [6.45, 7) is 5.43. The number of carbonyl (C=O) groups excluding carboxylic acids is 3. The molecule has 200 valence electrons. The molecule has 4 rings (SSSR count). The molecule has 0 amide bonds. The minimum Gasteiger partial charge on any atom is -0.508 e. The fraction of sp³-hybridized carbons (Fsp3) is 0.536. The van der Waals surface area contributed by atoms with Gasteiger partial charge in [0.1, 0.15) is 22.8 Å². The third-order valence-corrected chi connectivity index (χ3v) is 7.78. The van der Waals surface area contributed by atoms with Gasteiger partial charge in [-0.3, -0.25) is 19.3 Å². The number of aliphatic hydroxyl groups excluding tert-OH is 2. The maximum Gasteiger partial charge on any atom is 0.202 e. The predicted molar refractivity (Wildman–Crippen MR) is 138 cm³/mol. The molecule has 0 radical (unpaired) electrons. The highest BCUT2D eigenvalue weighted by Gasteiger charge is 2.64. The number of hydrogen-bond acceptors (Lipinski definition) is 9. The van der Waals surface area contributed by atoms with Gasteiger partial charge in [0.25, 0.3) is 0 Å². The molecule has 0 aliphatic heterocycles. The molecule has 1 aromatic carbocycles. The molecule has 4 atom stereocenters. The Morgan fingerprint density at radius 1 is 1.08 bits per heavy atom. The third-order valence-electron chi connectivity index (χ3n) is 7.78. The zero-order valence-corrected chi connectivity index (χ0v) is 22.4. The Morgan fingerprint density at radius 2 is 1.70 bits per heavy atom. The van der Waals surface area contributed by atoms with E-state index in [-0.39, 0.29) is 36.1 Å². The molecule has 0 saturated heterocycles. The molecular formula is C28H36N2O7. The van der Waals surface area contributed by atoms with Gasteiger partial charge in [0.15, 0.2) is 17.2 Å². The van der Waals surface area contributed by atoms with Gasteiger partial charge in [0.2, 0.25) is 5.78 Å². The molecule has 37 heavy (non-hydrogen) atoms. The molecule has 0 aromatic heterocycles. The molecule has 3 aliphatic carbocycles. The number of rotatable bonds is 4. The van der Waals surface area contributed by atoms with Gasteiger partial charge < -0.3 is 25.3 Å². The Balaban J connectivity index is 1.96. The van der Waals surface area contributed by atoms with Crippen LogP contribution >= 0.6 is 0 Å². The summed E-state index contributed by atoms with van der Waals surface area (Å²) < 4.78 is 0. The normalized spacial score (nSPS) is 27.8. The molecule has 3 aliphatic rings. The van der Waals surface area contributed by atoms with Crippen molar-refractivity contribution >= 4 is 28.8 Å². The van der Waals surface area contributed by atoms with Crippen LogP contribution in [-0.4, -0.2) is 82.5 Å². The number of hydrogen-bond donors (Lipinski definition) is 4. The first-order valence-electron chi connectivity index (χ1n) is 12.4. The summed E-state index contributed by atoms with van der Waals surface area (Å²) >= 11 is 0. The van der Waals surface area contributed by atoms with E-state index in [1.54, 1.807) is 25.1 Å². The zero-order chi connectivity index (χ0) is 27.8. The van der Waals surface area contributed by atoms with E-state index in [9.17, 15) is 34.8 Å². The summed E-state index contributed by atoms with van der Waals surface area (Å²) in [4.78, 5) is 44.2. The van der Waals surface area contributed by atoms with Crippen LogP contribution in [0.15, 0.2) is 29.0 Å². The summed E-state index contributed by atoms with van der Waals surface area (Å²) in [6, 6.07) is 2.12. The lowest BCUT2D eigenvalue weighted by molar-refractivity contribution is -0.153. The van der Waals surface area contributed by atoms with Crippen LogP contribution in [0, 0.1) is 17.3 Å². The molecule has 4 N–H and O–H groups in total. The first-order valence-corrected chi connectivity index (χ1v) is 12.4. The molecule has 9 heteroatoms. The van der Waals surface area contributed by atoms with Crippen molar-refractivity contribution in [1.82, 2.24) is 4.90 Å². The van der Waals surface area contributed by atoms with E-state index in [1.807, 2.05) is 39.8 Å². The molecule has 0 spiro atoms. The van der Waals surface area contributed by atoms with Gasteiger partial charge in [0, 0.05) is 37.7 Å². The van der Waals surface area contributed by atoms with Gasteiger partial charge in [-0.15, -0.1) is 0 Å². The Morgan fingerprint density at radius 3 is 2.24 bits per heavy atom. The highest BCUT2D eigenvalue weighted by Crippen LogP contribution is 2.53. The van der Waals surface area contributed by atoms with Gasteiger partial charge in [-0.1, -0.05) is 20.8 Å². The Hall–Kier alpha value is -3.17. The molecule has 1 aromatic rings. The number of anilines is 1. The first kappa shape index (κ1) is 26.9. The minimum atomic E-state index is -2.57. The van der Waals surface area contributed by atoms with E-state index in [1.165, 1.54) is 6.07 Å². The highest BCUT2D eigenvalue weighted by atomic mass is 16.3. The van der Waals surface area contributed by atoms with Crippen LogP contribution in [0.1, 0.15) is 44.7 Å². The third kappa shape index (κ3) is 3.95. The zero-order valence-electron chi connectivity index (χ0n) is 22.4. The minimum absolute atomic E-state index is 0.0711. The highest BCUT2D eigenvalue weighted by molar-refractivity contribution is 6.25. The van der Waals surface area contributed by atoms with Crippen LogP contribution in [0.5, 0.6) is 5.75 Å². The number of Topliss-reactive ketones (excluding diaryl/α,β-unsaturated/α-hetero) is 3. The van der Waals surface area contributed by atoms with Crippen molar-refractivity contribution in [1.29, 1.82) is 0 Å². The van der Waals surface area contributed by atoms with Crippen LogP contribution in [0.2, 0.25) is 0 Å². The predicted octanol–water partition coefficient (Wildman–Crippen LogP) is 2.55. The molecule has 1 saturated carbocycles. The molecule has 0 unspecified atom stereocenters. The van der Waals surface area contributed by atoms with E-state index >= 15 is 0 Å². The van der Waals surface area contributed by atoms with Crippen LogP contribution in [0.3, 0.4) is 0 Å². The monoisotopic (exact) mass is 512 g/mol. The number of phenols is 1. The van der Waals surface area contributed by atoms with Crippen molar-refractivity contribution in [2.24, 2.45) is 17.3 Å². The Kier molecular flexibility index (Phi) is 6.32. The first-order chi connectivity index (χ1) is 17.0. The number of aromatic hydroxyl groups is 1. The average Bonchev–Trinajstić information content (AvgIpc) is 2.74. The number of nitrogens with zero attached hydrogens (tertiary/aromatic N) is 2. The van der Waals surface area contributed by atoms with E-state index in [0.29, 0.717) is 5.56 Å².